The average Bonchev–Trinajstić information content (AvgIpc) is 3.43. The van der Waals surface area contributed by atoms with E-state index in [4.69, 9.17) is 4.74 Å². The molecule has 0 unspecified atom stereocenters. The van der Waals surface area contributed by atoms with Crippen molar-refractivity contribution in [2.75, 3.05) is 7.11 Å². The van der Waals surface area contributed by atoms with Crippen LogP contribution >= 0.6 is 0 Å². The van der Waals surface area contributed by atoms with Crippen molar-refractivity contribution < 1.29 is 14.2 Å². The van der Waals surface area contributed by atoms with Crippen molar-refractivity contribution in [2.24, 2.45) is 5.92 Å². The van der Waals surface area contributed by atoms with Gasteiger partial charge in [0.25, 0.3) is 0 Å². The van der Waals surface area contributed by atoms with Crippen molar-refractivity contribution >= 4 is 5.57 Å². The molecule has 4 heterocycles. The summed E-state index contributed by atoms with van der Waals surface area (Å²) in [6, 6.07) is 5.28. The number of methoxy groups -OCH3 is 1. The molecule has 5 rings (SSSR count). The van der Waals surface area contributed by atoms with Crippen molar-refractivity contribution in [2.45, 2.75) is 43.6 Å². The Morgan fingerprint density at radius 3 is 2.88 bits per heavy atom. The lowest BCUT2D eigenvalue weighted by molar-refractivity contribution is 0.0846. The highest BCUT2D eigenvalue weighted by Crippen LogP contribution is 2.45. The lowest BCUT2D eigenvalue weighted by Gasteiger charge is -2.40. The second-order valence-electron chi connectivity index (χ2n) is 8.75. The summed E-state index contributed by atoms with van der Waals surface area (Å²) in [6.07, 6.45) is 6.66. The van der Waals surface area contributed by atoms with Crippen LogP contribution in [-0.4, -0.2) is 60.8 Å². The van der Waals surface area contributed by atoms with E-state index >= 15 is 4.39 Å². The van der Waals surface area contributed by atoms with Crippen LogP contribution in [0.2, 0.25) is 0 Å². The molecule has 1 aromatic carbocycles. The van der Waals surface area contributed by atoms with Crippen molar-refractivity contribution in [3.63, 3.8) is 0 Å². The van der Waals surface area contributed by atoms with Gasteiger partial charge < -0.3 is 19.7 Å². The highest BCUT2D eigenvalue weighted by molar-refractivity contribution is 5.68. The first-order valence-corrected chi connectivity index (χ1v) is 10.5. The molecule has 0 radical (unpaired) electrons. The molecular formula is C23H25FN6O2. The lowest BCUT2D eigenvalue weighted by Crippen LogP contribution is -2.56. The zero-order valence-corrected chi connectivity index (χ0v) is 17.9. The number of hydrogen-bond acceptors (Lipinski definition) is 7. The fraction of sp³-hybridized carbons (Fsp3) is 0.391. The van der Waals surface area contributed by atoms with E-state index in [0.717, 1.165) is 5.69 Å². The maximum Gasteiger partial charge on any atom is 0.177 e. The highest BCUT2D eigenvalue weighted by atomic mass is 19.1. The van der Waals surface area contributed by atoms with Gasteiger partial charge in [0.15, 0.2) is 5.82 Å². The Labute approximate surface area is 185 Å². The predicted molar refractivity (Wildman–Crippen MR) is 117 cm³/mol. The number of aromatic nitrogens is 5. The smallest absolute Gasteiger partial charge is 0.177 e. The Kier molecular flexibility index (Phi) is 5.02. The molecule has 2 aliphatic rings. The molecule has 32 heavy (non-hydrogen) atoms. The number of fused-ring (bicyclic) bond motifs is 2. The quantitative estimate of drug-likeness (QED) is 0.635. The van der Waals surface area contributed by atoms with Crippen LogP contribution < -0.4 is 5.32 Å². The van der Waals surface area contributed by atoms with Gasteiger partial charge in [0.2, 0.25) is 0 Å². The molecule has 0 spiro atoms. The van der Waals surface area contributed by atoms with Crippen molar-refractivity contribution in [3.05, 3.63) is 55.5 Å². The van der Waals surface area contributed by atoms with Gasteiger partial charge >= 0.3 is 0 Å². The number of aromatic hydroxyl groups is 1. The number of nitrogens with one attached hydrogen (secondary N) is 1. The Hall–Kier alpha value is -3.17. The number of piperidine rings is 1. The SMILES string of the molecule is C=C(c1ncc(-c2ccc(-n3ccnc3)cc2O)nn1)[C@@H]1C[C@@H]2N[C@@](C)(C[C@H]2OC)[C@H]1F. The Morgan fingerprint density at radius 2 is 2.22 bits per heavy atom. The minimum Gasteiger partial charge on any atom is -0.507 e. The van der Waals surface area contributed by atoms with Gasteiger partial charge in [-0.15, -0.1) is 10.2 Å². The van der Waals surface area contributed by atoms with E-state index in [0.29, 0.717) is 35.5 Å². The van der Waals surface area contributed by atoms with Crippen molar-refractivity contribution in [3.8, 4) is 22.7 Å². The van der Waals surface area contributed by atoms with Gasteiger partial charge in [-0.05, 0) is 37.5 Å². The van der Waals surface area contributed by atoms with Gasteiger partial charge in [0, 0.05) is 43.1 Å². The lowest BCUT2D eigenvalue weighted by atomic mass is 9.78. The molecular weight excluding hydrogens is 411 g/mol. The van der Waals surface area contributed by atoms with E-state index in [9.17, 15) is 5.11 Å². The average molecular weight is 436 g/mol. The highest BCUT2D eigenvalue weighted by Gasteiger charge is 2.55. The monoisotopic (exact) mass is 436 g/mol. The molecule has 2 fully saturated rings. The molecule has 2 aliphatic heterocycles. The number of ether oxygens (including phenoxy) is 1. The van der Waals surface area contributed by atoms with E-state index in [1.54, 1.807) is 42.5 Å². The first-order chi connectivity index (χ1) is 15.4. The Morgan fingerprint density at radius 1 is 1.38 bits per heavy atom. The van der Waals surface area contributed by atoms with Gasteiger partial charge in [0.05, 0.1) is 29.9 Å². The van der Waals surface area contributed by atoms with Crippen LogP contribution in [0.5, 0.6) is 5.75 Å². The third-order valence-corrected chi connectivity index (χ3v) is 6.72. The van der Waals surface area contributed by atoms with E-state index in [1.807, 2.05) is 13.0 Å². The normalized spacial score (nSPS) is 29.2. The molecule has 0 aliphatic carbocycles. The number of nitrogens with zero attached hydrogens (tertiary/aromatic N) is 5. The summed E-state index contributed by atoms with van der Waals surface area (Å²) in [6.45, 7) is 6.00. The van der Waals surface area contributed by atoms with E-state index < -0.39 is 17.6 Å². The summed E-state index contributed by atoms with van der Waals surface area (Å²) < 4.78 is 22.8. The molecule has 5 atom stereocenters. The number of hydrogen-bond donors (Lipinski definition) is 2. The predicted octanol–water partition coefficient (Wildman–Crippen LogP) is 2.94. The number of imidazole rings is 1. The van der Waals surface area contributed by atoms with Crippen LogP contribution in [-0.2, 0) is 4.74 Å². The fourth-order valence-corrected chi connectivity index (χ4v) is 4.96. The molecule has 8 nitrogen and oxygen atoms in total. The van der Waals surface area contributed by atoms with Crippen LogP contribution in [0.3, 0.4) is 0 Å². The van der Waals surface area contributed by atoms with Crippen LogP contribution in [0.25, 0.3) is 22.5 Å². The molecule has 2 saturated heterocycles. The summed E-state index contributed by atoms with van der Waals surface area (Å²) in [5.41, 5.74) is 1.57. The second-order valence-corrected chi connectivity index (χ2v) is 8.75. The van der Waals surface area contributed by atoms with Gasteiger partial charge in [-0.25, -0.2) is 14.4 Å². The Balaban J connectivity index is 1.37. The summed E-state index contributed by atoms with van der Waals surface area (Å²) >= 11 is 0. The Bertz CT molecular complexity index is 1140. The number of alkyl halides is 1. The largest absolute Gasteiger partial charge is 0.507 e. The van der Waals surface area contributed by atoms with Crippen LogP contribution in [0, 0.1) is 5.92 Å². The van der Waals surface area contributed by atoms with Crippen molar-refractivity contribution in [1.29, 1.82) is 0 Å². The summed E-state index contributed by atoms with van der Waals surface area (Å²) in [7, 11) is 1.66. The van der Waals surface area contributed by atoms with Crippen LogP contribution in [0.1, 0.15) is 25.6 Å². The molecule has 2 N–H and O–H groups in total. The van der Waals surface area contributed by atoms with Gasteiger partial charge in [0.1, 0.15) is 17.6 Å². The summed E-state index contributed by atoms with van der Waals surface area (Å²) in [4.78, 5) is 8.40. The minimum atomic E-state index is -1.13. The molecule has 0 saturated carbocycles. The maximum atomic E-state index is 15.4. The van der Waals surface area contributed by atoms with E-state index in [-0.39, 0.29) is 17.9 Å². The number of phenolic OH excluding ortho intramolecular Hbond substituents is 1. The second kappa shape index (κ2) is 7.75. The topological polar surface area (TPSA) is 98.0 Å². The van der Waals surface area contributed by atoms with Crippen molar-refractivity contribution in [1.82, 2.24) is 30.0 Å². The van der Waals surface area contributed by atoms with Crippen LogP contribution in [0.15, 0.2) is 49.7 Å². The molecule has 3 aromatic rings. The van der Waals surface area contributed by atoms with Gasteiger partial charge in [-0.3, -0.25) is 0 Å². The molecule has 166 valence electrons. The van der Waals surface area contributed by atoms with Gasteiger partial charge in [-0.2, -0.15) is 0 Å². The van der Waals surface area contributed by atoms with E-state index in [2.05, 4.69) is 32.1 Å². The number of phenols is 1. The summed E-state index contributed by atoms with van der Waals surface area (Å²) in [5, 5.41) is 22.3. The molecule has 0 amide bonds. The number of rotatable bonds is 5. The fourth-order valence-electron chi connectivity index (χ4n) is 4.96. The first kappa shape index (κ1) is 20.7. The zero-order chi connectivity index (χ0) is 22.5. The molecule has 2 bridgehead atoms. The number of halogens is 1. The summed E-state index contributed by atoms with van der Waals surface area (Å²) in [5.74, 6) is -0.0483. The molecule has 2 aromatic heterocycles. The standard InChI is InChI=1S/C23H25FN6O2/c1-13(16-9-17-20(32-3)10-23(2,27-17)21(16)24)22-26-11-18(28-29-22)15-5-4-14(8-19(15)31)30-7-6-25-12-30/h4-8,11-12,16-17,20-21,27,31H,1,9-10H2,2-3H3/t16-,17-,20+,21-,23-/m0/s1. The molecule has 9 heteroatoms. The maximum absolute atomic E-state index is 15.4. The number of allylic oxidation sites excluding steroid dienone is 1. The van der Waals surface area contributed by atoms with Crippen LogP contribution in [0.4, 0.5) is 4.39 Å². The van der Waals surface area contributed by atoms with E-state index in [1.165, 1.54) is 6.20 Å². The van der Waals surface area contributed by atoms with Gasteiger partial charge in [-0.1, -0.05) is 6.58 Å². The minimum absolute atomic E-state index is 0.0225. The number of benzene rings is 1. The zero-order valence-electron chi connectivity index (χ0n) is 17.9. The third kappa shape index (κ3) is 3.37. The third-order valence-electron chi connectivity index (χ3n) is 6.72. The first-order valence-electron chi connectivity index (χ1n) is 10.5.